The van der Waals surface area contributed by atoms with E-state index in [-0.39, 0.29) is 29.2 Å². The fourth-order valence-electron chi connectivity index (χ4n) is 3.72. The molecule has 2 aromatic carbocycles. The van der Waals surface area contributed by atoms with Gasteiger partial charge in [-0.1, -0.05) is 48.5 Å². The minimum absolute atomic E-state index is 0.117. The zero-order valence-corrected chi connectivity index (χ0v) is 20.3. The second kappa shape index (κ2) is 12.2. The van der Waals surface area contributed by atoms with Gasteiger partial charge in [0.05, 0.1) is 29.8 Å². The van der Waals surface area contributed by atoms with Crippen molar-refractivity contribution in [3.8, 4) is 5.75 Å². The highest BCUT2D eigenvalue weighted by Gasteiger charge is 2.16. The SMILES string of the molecule is COc1ccccc1C(C)NC(=O)CSc1nc2ccccc2c(=O)n1CCCCCC(N)=O. The van der Waals surface area contributed by atoms with Crippen molar-refractivity contribution in [2.24, 2.45) is 5.73 Å². The molecule has 3 aromatic rings. The lowest BCUT2D eigenvalue weighted by atomic mass is 10.1. The number of para-hydroxylation sites is 2. The lowest BCUT2D eigenvalue weighted by Gasteiger charge is -2.17. The maximum absolute atomic E-state index is 13.1. The van der Waals surface area contributed by atoms with Crippen LogP contribution in [-0.2, 0) is 16.1 Å². The van der Waals surface area contributed by atoms with Gasteiger partial charge in [-0.2, -0.15) is 0 Å². The van der Waals surface area contributed by atoms with Gasteiger partial charge in [-0.25, -0.2) is 4.98 Å². The molecule has 0 saturated carbocycles. The highest BCUT2D eigenvalue weighted by Crippen LogP contribution is 2.25. The monoisotopic (exact) mass is 482 g/mol. The van der Waals surface area contributed by atoms with Gasteiger partial charge in [0.25, 0.3) is 5.56 Å². The van der Waals surface area contributed by atoms with Crippen LogP contribution in [0.25, 0.3) is 10.9 Å². The number of thioether (sulfide) groups is 1. The summed E-state index contributed by atoms with van der Waals surface area (Å²) in [5.74, 6) is 0.337. The Labute approximate surface area is 202 Å². The van der Waals surface area contributed by atoms with Crippen molar-refractivity contribution >= 4 is 34.5 Å². The van der Waals surface area contributed by atoms with Crippen molar-refractivity contribution in [1.29, 1.82) is 0 Å². The van der Waals surface area contributed by atoms with Crippen molar-refractivity contribution < 1.29 is 14.3 Å². The largest absolute Gasteiger partial charge is 0.496 e. The van der Waals surface area contributed by atoms with Gasteiger partial charge in [0.2, 0.25) is 11.8 Å². The molecule has 0 radical (unpaired) electrons. The summed E-state index contributed by atoms with van der Waals surface area (Å²) < 4.78 is 7.00. The number of nitrogens with zero attached hydrogens (tertiary/aromatic N) is 2. The van der Waals surface area contributed by atoms with Gasteiger partial charge in [0, 0.05) is 18.5 Å². The fraction of sp³-hybridized carbons (Fsp3) is 0.360. The maximum atomic E-state index is 13.1. The number of methoxy groups -OCH3 is 1. The number of primary amides is 1. The summed E-state index contributed by atoms with van der Waals surface area (Å²) in [4.78, 5) is 41.4. The molecule has 0 aliphatic rings. The Morgan fingerprint density at radius 3 is 2.62 bits per heavy atom. The van der Waals surface area contributed by atoms with Crippen LogP contribution in [0, 0.1) is 0 Å². The predicted molar refractivity (Wildman–Crippen MR) is 134 cm³/mol. The average molecular weight is 483 g/mol. The number of aromatic nitrogens is 2. The van der Waals surface area contributed by atoms with Crippen LogP contribution in [0.15, 0.2) is 58.5 Å². The van der Waals surface area contributed by atoms with Crippen LogP contribution in [-0.4, -0.2) is 34.2 Å². The number of carbonyl (C=O) groups excluding carboxylic acids is 2. The first kappa shape index (κ1) is 25.3. The quantitative estimate of drug-likeness (QED) is 0.232. The van der Waals surface area contributed by atoms with E-state index < -0.39 is 0 Å². The number of nitrogens with one attached hydrogen (secondary N) is 1. The van der Waals surface area contributed by atoms with Crippen LogP contribution >= 0.6 is 11.8 Å². The van der Waals surface area contributed by atoms with E-state index in [1.165, 1.54) is 11.8 Å². The summed E-state index contributed by atoms with van der Waals surface area (Å²) >= 11 is 1.23. The Morgan fingerprint density at radius 1 is 1.12 bits per heavy atom. The number of carbonyl (C=O) groups is 2. The van der Waals surface area contributed by atoms with Gasteiger partial charge in [0.15, 0.2) is 5.16 Å². The first-order valence-corrected chi connectivity index (χ1v) is 12.2. The van der Waals surface area contributed by atoms with Gasteiger partial charge in [0.1, 0.15) is 5.75 Å². The Bertz CT molecular complexity index is 1210. The molecule has 9 heteroatoms. The second-order valence-corrected chi connectivity index (χ2v) is 8.91. The van der Waals surface area contributed by atoms with Crippen LogP contribution in [0.3, 0.4) is 0 Å². The molecule has 1 atom stereocenters. The molecule has 0 spiro atoms. The number of unbranched alkanes of at least 4 members (excludes halogenated alkanes) is 2. The smallest absolute Gasteiger partial charge is 0.262 e. The second-order valence-electron chi connectivity index (χ2n) is 7.97. The number of rotatable bonds is 12. The van der Waals surface area contributed by atoms with Crippen LogP contribution < -0.4 is 21.3 Å². The van der Waals surface area contributed by atoms with E-state index in [1.807, 2.05) is 43.3 Å². The minimum Gasteiger partial charge on any atom is -0.496 e. The van der Waals surface area contributed by atoms with E-state index in [2.05, 4.69) is 10.3 Å². The first-order chi connectivity index (χ1) is 16.4. The third-order valence-corrected chi connectivity index (χ3v) is 6.42. The number of nitrogens with two attached hydrogens (primary N) is 1. The van der Waals surface area contributed by atoms with Crippen molar-refractivity contribution in [2.45, 2.75) is 50.4 Å². The molecular formula is C25H30N4O4S. The van der Waals surface area contributed by atoms with E-state index >= 15 is 0 Å². The molecule has 0 aliphatic carbocycles. The number of ether oxygens (including phenoxy) is 1. The molecule has 1 unspecified atom stereocenters. The van der Waals surface area contributed by atoms with Crippen molar-refractivity contribution in [1.82, 2.24) is 14.9 Å². The molecule has 0 fully saturated rings. The third kappa shape index (κ3) is 6.60. The Hall–Kier alpha value is -3.33. The third-order valence-electron chi connectivity index (χ3n) is 5.45. The number of amides is 2. The lowest BCUT2D eigenvalue weighted by Crippen LogP contribution is -2.29. The molecular weight excluding hydrogens is 452 g/mol. The first-order valence-electron chi connectivity index (χ1n) is 11.2. The van der Waals surface area contributed by atoms with Gasteiger partial charge < -0.3 is 15.8 Å². The van der Waals surface area contributed by atoms with E-state index in [0.29, 0.717) is 47.6 Å². The van der Waals surface area contributed by atoms with E-state index in [0.717, 1.165) is 12.0 Å². The van der Waals surface area contributed by atoms with Crippen molar-refractivity contribution in [2.75, 3.05) is 12.9 Å². The molecule has 3 rings (SSSR count). The van der Waals surface area contributed by atoms with Crippen LogP contribution in [0.2, 0.25) is 0 Å². The maximum Gasteiger partial charge on any atom is 0.262 e. The summed E-state index contributed by atoms with van der Waals surface area (Å²) in [5.41, 5.74) is 6.55. The zero-order valence-electron chi connectivity index (χ0n) is 19.5. The standard InChI is InChI=1S/C25H30N4O4S/c1-17(18-10-6-8-13-21(18)33-2)27-23(31)16-34-25-28-20-12-7-5-11-19(20)24(32)29(25)15-9-3-4-14-22(26)30/h5-8,10-13,17H,3-4,9,14-16H2,1-2H3,(H2,26,30)(H,27,31). The van der Waals surface area contributed by atoms with E-state index in [1.54, 1.807) is 23.8 Å². The number of hydrogen-bond donors (Lipinski definition) is 2. The molecule has 0 aliphatic heterocycles. The van der Waals surface area contributed by atoms with Crippen molar-refractivity contribution in [3.05, 3.63) is 64.4 Å². The Kier molecular flexibility index (Phi) is 9.09. The summed E-state index contributed by atoms with van der Waals surface area (Å²) in [6.07, 6.45) is 2.48. The van der Waals surface area contributed by atoms with Gasteiger partial charge >= 0.3 is 0 Å². The van der Waals surface area contributed by atoms with Crippen molar-refractivity contribution in [3.63, 3.8) is 0 Å². The molecule has 180 valence electrons. The van der Waals surface area contributed by atoms with Gasteiger partial charge in [-0.3, -0.25) is 19.0 Å². The Balaban J connectivity index is 1.71. The fourth-order valence-corrected chi connectivity index (χ4v) is 4.55. The molecule has 3 N–H and O–H groups in total. The van der Waals surface area contributed by atoms with E-state index in [9.17, 15) is 14.4 Å². The predicted octanol–water partition coefficient (Wildman–Crippen LogP) is 3.42. The number of hydrogen-bond acceptors (Lipinski definition) is 6. The molecule has 2 amide bonds. The van der Waals surface area contributed by atoms with Crippen LogP contribution in [0.1, 0.15) is 44.2 Å². The van der Waals surface area contributed by atoms with Crippen LogP contribution in [0.5, 0.6) is 5.75 Å². The molecule has 0 bridgehead atoms. The number of benzene rings is 2. The summed E-state index contributed by atoms with van der Waals surface area (Å²) in [6.45, 7) is 2.35. The molecule has 1 aromatic heterocycles. The molecule has 1 heterocycles. The molecule has 8 nitrogen and oxygen atoms in total. The summed E-state index contributed by atoms with van der Waals surface area (Å²) in [6, 6.07) is 14.5. The zero-order chi connectivity index (χ0) is 24.5. The summed E-state index contributed by atoms with van der Waals surface area (Å²) in [7, 11) is 1.60. The lowest BCUT2D eigenvalue weighted by molar-refractivity contribution is -0.119. The number of fused-ring (bicyclic) bond motifs is 1. The normalized spacial score (nSPS) is 11.8. The molecule has 0 saturated heterocycles. The van der Waals surface area contributed by atoms with Crippen LogP contribution in [0.4, 0.5) is 0 Å². The van der Waals surface area contributed by atoms with E-state index in [4.69, 9.17) is 10.5 Å². The molecule has 34 heavy (non-hydrogen) atoms. The minimum atomic E-state index is -0.325. The topological polar surface area (TPSA) is 116 Å². The van der Waals surface area contributed by atoms with Gasteiger partial charge in [-0.15, -0.1) is 0 Å². The van der Waals surface area contributed by atoms with Gasteiger partial charge in [-0.05, 0) is 38.0 Å². The average Bonchev–Trinajstić information content (AvgIpc) is 2.83. The summed E-state index contributed by atoms with van der Waals surface area (Å²) in [5, 5.41) is 4.02. The highest BCUT2D eigenvalue weighted by atomic mass is 32.2. The highest BCUT2D eigenvalue weighted by molar-refractivity contribution is 7.99. The Morgan fingerprint density at radius 2 is 1.85 bits per heavy atom.